The van der Waals surface area contributed by atoms with Crippen LogP contribution in [0.2, 0.25) is 5.02 Å². The van der Waals surface area contributed by atoms with Gasteiger partial charge in [-0.25, -0.2) is 9.59 Å². The maximum Gasteiger partial charge on any atom is 0.331 e. The van der Waals surface area contributed by atoms with E-state index in [0.29, 0.717) is 35.3 Å². The molecule has 0 aliphatic heterocycles. The Kier molecular flexibility index (Phi) is 8.53. The highest BCUT2D eigenvalue weighted by atomic mass is 35.5. The SMILES string of the molecule is CCc1cccc(Cl)c1C(=O)NC(Cc1ccc(-c2c(C)n(CC)c(=O)n(CC)c2=O)cc1)C(=O)O. The monoisotopic (exact) mass is 511 g/mol. The normalized spacial score (nSPS) is 11.8. The zero-order valence-corrected chi connectivity index (χ0v) is 21.6. The summed E-state index contributed by atoms with van der Waals surface area (Å²) in [6.45, 7) is 7.91. The topological polar surface area (TPSA) is 110 Å². The van der Waals surface area contributed by atoms with Gasteiger partial charge in [-0.15, -0.1) is 0 Å². The molecule has 1 heterocycles. The van der Waals surface area contributed by atoms with Crippen molar-refractivity contribution < 1.29 is 14.7 Å². The van der Waals surface area contributed by atoms with E-state index in [1.165, 1.54) is 4.57 Å². The summed E-state index contributed by atoms with van der Waals surface area (Å²) in [6.07, 6.45) is 0.618. The number of rotatable bonds is 9. The zero-order chi connectivity index (χ0) is 26.6. The molecule has 0 aliphatic rings. The van der Waals surface area contributed by atoms with E-state index in [4.69, 9.17) is 11.6 Å². The first-order valence-electron chi connectivity index (χ1n) is 11.9. The summed E-state index contributed by atoms with van der Waals surface area (Å²) >= 11 is 6.22. The minimum absolute atomic E-state index is 0.0416. The molecular weight excluding hydrogens is 482 g/mol. The van der Waals surface area contributed by atoms with Crippen LogP contribution < -0.4 is 16.6 Å². The second-order valence-electron chi connectivity index (χ2n) is 8.43. The molecule has 36 heavy (non-hydrogen) atoms. The van der Waals surface area contributed by atoms with Gasteiger partial charge < -0.3 is 10.4 Å². The average molecular weight is 512 g/mol. The summed E-state index contributed by atoms with van der Waals surface area (Å²) in [4.78, 5) is 50.4. The molecule has 9 heteroatoms. The molecule has 0 bridgehead atoms. The number of carboxylic acids is 1. The Morgan fingerprint density at radius 2 is 1.64 bits per heavy atom. The molecule has 0 fully saturated rings. The lowest BCUT2D eigenvalue weighted by molar-refractivity contribution is -0.139. The van der Waals surface area contributed by atoms with Crippen LogP contribution in [0.15, 0.2) is 52.1 Å². The van der Waals surface area contributed by atoms with E-state index in [2.05, 4.69) is 5.32 Å². The van der Waals surface area contributed by atoms with Crippen LogP contribution in [0, 0.1) is 6.92 Å². The third kappa shape index (κ3) is 5.28. The molecule has 190 valence electrons. The van der Waals surface area contributed by atoms with Crippen LogP contribution in [-0.4, -0.2) is 32.2 Å². The van der Waals surface area contributed by atoms with E-state index in [-0.39, 0.29) is 34.8 Å². The van der Waals surface area contributed by atoms with E-state index in [0.717, 1.165) is 5.56 Å². The van der Waals surface area contributed by atoms with Crippen LogP contribution >= 0.6 is 11.6 Å². The van der Waals surface area contributed by atoms with Gasteiger partial charge in [0.15, 0.2) is 0 Å². The van der Waals surface area contributed by atoms with Gasteiger partial charge in [0.25, 0.3) is 11.5 Å². The maximum absolute atomic E-state index is 13.0. The van der Waals surface area contributed by atoms with Crippen molar-refractivity contribution in [3.8, 4) is 11.1 Å². The Labute approximate surface area is 214 Å². The van der Waals surface area contributed by atoms with Gasteiger partial charge in [0.1, 0.15) is 6.04 Å². The van der Waals surface area contributed by atoms with E-state index in [1.54, 1.807) is 60.9 Å². The molecule has 1 atom stereocenters. The highest BCUT2D eigenvalue weighted by Crippen LogP contribution is 2.22. The number of carboxylic acid groups (broad SMARTS) is 1. The first kappa shape index (κ1) is 26.9. The molecule has 1 amide bonds. The average Bonchev–Trinajstić information content (AvgIpc) is 2.84. The molecule has 8 nitrogen and oxygen atoms in total. The van der Waals surface area contributed by atoms with Crippen LogP contribution in [-0.2, 0) is 30.7 Å². The number of benzene rings is 2. The van der Waals surface area contributed by atoms with Crippen molar-refractivity contribution in [1.82, 2.24) is 14.5 Å². The third-order valence-electron chi connectivity index (χ3n) is 6.31. The quantitative estimate of drug-likeness (QED) is 0.455. The van der Waals surface area contributed by atoms with Gasteiger partial charge in [-0.2, -0.15) is 0 Å². The first-order valence-corrected chi connectivity index (χ1v) is 12.3. The number of halogens is 1. The van der Waals surface area contributed by atoms with Gasteiger partial charge in [-0.3, -0.25) is 18.7 Å². The van der Waals surface area contributed by atoms with Gasteiger partial charge in [0.05, 0.1) is 16.1 Å². The predicted molar refractivity (Wildman–Crippen MR) is 140 cm³/mol. The highest BCUT2D eigenvalue weighted by Gasteiger charge is 2.24. The fourth-order valence-electron chi connectivity index (χ4n) is 4.38. The number of aryl methyl sites for hydroxylation is 1. The fraction of sp³-hybridized carbons (Fsp3) is 0.333. The molecule has 2 aromatic carbocycles. The van der Waals surface area contributed by atoms with E-state index >= 15 is 0 Å². The number of aliphatic carboxylic acids is 1. The molecule has 3 aromatic rings. The van der Waals surface area contributed by atoms with E-state index < -0.39 is 17.9 Å². The molecular formula is C27H30ClN3O5. The molecule has 0 radical (unpaired) electrons. The molecule has 0 saturated carbocycles. The summed E-state index contributed by atoms with van der Waals surface area (Å²) in [5, 5.41) is 12.6. The standard InChI is InChI=1S/C27H30ClN3O5/c1-5-18-9-8-10-20(28)23(18)24(32)29-21(26(34)35)15-17-11-13-19(14-12-17)22-16(4)30(6-2)27(36)31(7-3)25(22)33/h8-14,21H,5-7,15H2,1-4H3,(H,29,32)(H,34,35). The summed E-state index contributed by atoms with van der Waals surface area (Å²) in [6, 6.07) is 10.9. The molecule has 0 spiro atoms. The zero-order valence-electron chi connectivity index (χ0n) is 20.8. The summed E-state index contributed by atoms with van der Waals surface area (Å²) in [5.74, 6) is -1.71. The summed E-state index contributed by atoms with van der Waals surface area (Å²) in [7, 11) is 0. The van der Waals surface area contributed by atoms with E-state index in [9.17, 15) is 24.3 Å². The highest BCUT2D eigenvalue weighted by molar-refractivity contribution is 6.34. The van der Waals surface area contributed by atoms with E-state index in [1.807, 2.05) is 13.8 Å². The minimum Gasteiger partial charge on any atom is -0.480 e. The van der Waals surface area contributed by atoms with Crippen molar-refractivity contribution in [2.75, 3.05) is 0 Å². The Bertz CT molecular complexity index is 1410. The molecule has 2 N–H and O–H groups in total. The second kappa shape index (κ2) is 11.4. The smallest absolute Gasteiger partial charge is 0.331 e. The first-order chi connectivity index (χ1) is 17.1. The van der Waals surface area contributed by atoms with Crippen LogP contribution in [0.25, 0.3) is 11.1 Å². The largest absolute Gasteiger partial charge is 0.480 e. The summed E-state index contributed by atoms with van der Waals surface area (Å²) in [5.41, 5.74) is 2.61. The molecule has 0 aliphatic carbocycles. The van der Waals surface area contributed by atoms with Crippen LogP contribution in [0.3, 0.4) is 0 Å². The van der Waals surface area contributed by atoms with Crippen LogP contribution in [0.1, 0.15) is 48.0 Å². The second-order valence-corrected chi connectivity index (χ2v) is 8.84. The molecule has 1 unspecified atom stereocenters. The van der Waals surface area contributed by atoms with Crippen molar-refractivity contribution in [2.24, 2.45) is 0 Å². The van der Waals surface area contributed by atoms with Crippen molar-refractivity contribution >= 4 is 23.5 Å². The van der Waals surface area contributed by atoms with Crippen molar-refractivity contribution in [1.29, 1.82) is 0 Å². The number of nitrogens with zero attached hydrogens (tertiary/aromatic N) is 2. The van der Waals surface area contributed by atoms with Crippen molar-refractivity contribution in [2.45, 2.75) is 59.7 Å². The van der Waals surface area contributed by atoms with Gasteiger partial charge in [-0.05, 0) is 49.9 Å². The minimum atomic E-state index is -1.18. The number of amides is 1. The Balaban J connectivity index is 1.90. The lowest BCUT2D eigenvalue weighted by Gasteiger charge is -2.18. The number of carbonyl (C=O) groups is 2. The maximum atomic E-state index is 13.0. The Morgan fingerprint density at radius 3 is 2.19 bits per heavy atom. The van der Waals surface area contributed by atoms with Gasteiger partial charge in [-0.1, -0.05) is 54.9 Å². The van der Waals surface area contributed by atoms with Crippen molar-refractivity contribution in [3.05, 3.63) is 90.7 Å². The number of aromatic nitrogens is 2. The third-order valence-corrected chi connectivity index (χ3v) is 6.63. The molecule has 1 aromatic heterocycles. The van der Waals surface area contributed by atoms with Crippen molar-refractivity contribution in [3.63, 3.8) is 0 Å². The van der Waals surface area contributed by atoms with Gasteiger partial charge in [0, 0.05) is 25.2 Å². The molecule has 0 saturated heterocycles. The number of carbonyl (C=O) groups excluding carboxylic acids is 1. The number of nitrogens with one attached hydrogen (secondary N) is 1. The van der Waals surface area contributed by atoms with Gasteiger partial charge in [0.2, 0.25) is 0 Å². The summed E-state index contributed by atoms with van der Waals surface area (Å²) < 4.78 is 2.76. The fourth-order valence-corrected chi connectivity index (χ4v) is 4.66. The molecule has 3 rings (SSSR count). The Hall–Kier alpha value is -3.65. The van der Waals surface area contributed by atoms with Crippen LogP contribution in [0.4, 0.5) is 0 Å². The number of hydrogen-bond acceptors (Lipinski definition) is 4. The lowest BCUT2D eigenvalue weighted by Crippen LogP contribution is -2.42. The number of hydrogen-bond donors (Lipinski definition) is 2. The lowest BCUT2D eigenvalue weighted by atomic mass is 9.99. The predicted octanol–water partition coefficient (Wildman–Crippen LogP) is 3.67. The Morgan fingerprint density at radius 1 is 1.00 bits per heavy atom. The van der Waals surface area contributed by atoms with Crippen LogP contribution in [0.5, 0.6) is 0 Å². The van der Waals surface area contributed by atoms with Gasteiger partial charge >= 0.3 is 11.7 Å².